The topological polar surface area (TPSA) is 63.7 Å². The highest BCUT2D eigenvalue weighted by molar-refractivity contribution is 7.92. The minimum absolute atomic E-state index is 0.146. The fourth-order valence-corrected chi connectivity index (χ4v) is 3.81. The third-order valence-electron chi connectivity index (χ3n) is 3.71. The summed E-state index contributed by atoms with van der Waals surface area (Å²) in [7, 11) is -4.30. The van der Waals surface area contributed by atoms with Crippen LogP contribution in [0.2, 0.25) is 0 Å². The van der Waals surface area contributed by atoms with E-state index in [0.717, 1.165) is 17.7 Å². The van der Waals surface area contributed by atoms with Gasteiger partial charge in [-0.1, -0.05) is 23.8 Å². The van der Waals surface area contributed by atoms with Gasteiger partial charge in [0.15, 0.2) is 0 Å². The Hall–Kier alpha value is -2.55. The molecule has 0 saturated heterocycles. The summed E-state index contributed by atoms with van der Waals surface area (Å²) < 4.78 is 70.9. The lowest BCUT2D eigenvalue weighted by Gasteiger charge is -2.25. The fraction of sp³-hybridized carbons (Fsp3) is 0.316. The van der Waals surface area contributed by atoms with Crippen molar-refractivity contribution < 1.29 is 31.1 Å². The second kappa shape index (κ2) is 8.22. The van der Waals surface area contributed by atoms with E-state index in [9.17, 15) is 26.4 Å². The molecule has 0 spiro atoms. The quantitative estimate of drug-likeness (QED) is 0.665. The highest BCUT2D eigenvalue weighted by atomic mass is 32.2. The molecule has 0 radical (unpaired) electrons. The maximum absolute atomic E-state index is 13.1. The molecule has 0 bridgehead atoms. The summed E-state index contributed by atoms with van der Waals surface area (Å²) in [4.78, 5) is 12.0. The molecule has 152 valence electrons. The van der Waals surface area contributed by atoms with Crippen LogP contribution in [0.4, 0.5) is 18.9 Å². The Bertz CT molecular complexity index is 938. The number of alkyl halides is 3. The van der Waals surface area contributed by atoms with Crippen molar-refractivity contribution in [3.8, 4) is 0 Å². The zero-order valence-corrected chi connectivity index (χ0v) is 16.3. The van der Waals surface area contributed by atoms with E-state index in [1.54, 1.807) is 32.9 Å². The van der Waals surface area contributed by atoms with Gasteiger partial charge in [-0.25, -0.2) is 8.42 Å². The zero-order valence-electron chi connectivity index (χ0n) is 15.5. The van der Waals surface area contributed by atoms with E-state index in [1.807, 2.05) is 0 Å². The normalized spacial score (nSPS) is 12.1. The van der Waals surface area contributed by atoms with Gasteiger partial charge in [0.1, 0.15) is 6.54 Å². The first-order valence-corrected chi connectivity index (χ1v) is 9.81. The summed E-state index contributed by atoms with van der Waals surface area (Å²) in [6.07, 6.45) is -5.16. The Morgan fingerprint density at radius 3 is 2.25 bits per heavy atom. The molecule has 0 saturated carbocycles. The van der Waals surface area contributed by atoms with Crippen molar-refractivity contribution in [3.63, 3.8) is 0 Å². The average Bonchev–Trinajstić information content (AvgIpc) is 2.58. The average molecular weight is 415 g/mol. The first-order valence-electron chi connectivity index (χ1n) is 8.37. The summed E-state index contributed by atoms with van der Waals surface area (Å²) in [6.45, 7) is 4.18. The van der Waals surface area contributed by atoms with E-state index >= 15 is 0 Å². The maximum atomic E-state index is 13.1. The van der Waals surface area contributed by atoms with Crippen molar-refractivity contribution in [1.82, 2.24) is 0 Å². The summed E-state index contributed by atoms with van der Waals surface area (Å²) in [5.74, 6) is -0.872. The standard InChI is InChI=1S/C19H20F3NO4S/c1-13(2)27-18(24)12-23(16-6-4-5-15(11-16)19(20,21)22)28(25,26)17-9-7-14(3)8-10-17/h4-11,13H,12H2,1-3H3. The number of halogens is 3. The molecule has 0 atom stereocenters. The van der Waals surface area contributed by atoms with Gasteiger partial charge in [-0.15, -0.1) is 0 Å². The van der Waals surface area contributed by atoms with Crippen LogP contribution in [0.5, 0.6) is 0 Å². The first-order chi connectivity index (χ1) is 12.9. The molecule has 0 aliphatic rings. The number of carbonyl (C=O) groups is 1. The molecule has 2 rings (SSSR count). The molecule has 5 nitrogen and oxygen atoms in total. The number of hydrogen-bond donors (Lipinski definition) is 0. The van der Waals surface area contributed by atoms with E-state index < -0.39 is 40.4 Å². The van der Waals surface area contributed by atoms with Crippen molar-refractivity contribution in [3.05, 3.63) is 59.7 Å². The van der Waals surface area contributed by atoms with Crippen LogP contribution in [0, 0.1) is 6.92 Å². The number of benzene rings is 2. The van der Waals surface area contributed by atoms with E-state index in [2.05, 4.69) is 0 Å². The van der Waals surface area contributed by atoms with Crippen LogP contribution >= 0.6 is 0 Å². The number of anilines is 1. The Kier molecular flexibility index (Phi) is 6.38. The molecule has 0 aromatic heterocycles. The van der Waals surface area contributed by atoms with Gasteiger partial charge in [-0.05, 0) is 51.1 Å². The SMILES string of the molecule is Cc1ccc(S(=O)(=O)N(CC(=O)OC(C)C)c2cccc(C(F)(F)F)c2)cc1. The van der Waals surface area contributed by atoms with Crippen LogP contribution in [0.3, 0.4) is 0 Å². The van der Waals surface area contributed by atoms with Crippen LogP contribution in [0.1, 0.15) is 25.0 Å². The summed E-state index contributed by atoms with van der Waals surface area (Å²) in [6, 6.07) is 9.58. The van der Waals surface area contributed by atoms with Crippen molar-refractivity contribution in [2.45, 2.75) is 37.9 Å². The van der Waals surface area contributed by atoms with Crippen molar-refractivity contribution in [1.29, 1.82) is 0 Å². The third kappa shape index (κ3) is 5.25. The third-order valence-corrected chi connectivity index (χ3v) is 5.50. The van der Waals surface area contributed by atoms with E-state index in [1.165, 1.54) is 18.2 Å². The number of nitrogens with zero attached hydrogens (tertiary/aromatic N) is 1. The molecule has 0 unspecified atom stereocenters. The van der Waals surface area contributed by atoms with Gasteiger partial charge >= 0.3 is 12.1 Å². The molecular formula is C19H20F3NO4S. The lowest BCUT2D eigenvalue weighted by atomic mass is 10.2. The monoisotopic (exact) mass is 415 g/mol. The van der Waals surface area contributed by atoms with Gasteiger partial charge in [0.25, 0.3) is 10.0 Å². The highest BCUT2D eigenvalue weighted by Gasteiger charge is 2.33. The van der Waals surface area contributed by atoms with Gasteiger partial charge in [0, 0.05) is 0 Å². The smallest absolute Gasteiger partial charge is 0.416 e. The molecule has 0 aliphatic carbocycles. The van der Waals surface area contributed by atoms with Gasteiger partial charge in [0.05, 0.1) is 22.3 Å². The molecule has 0 aliphatic heterocycles. The number of hydrogen-bond acceptors (Lipinski definition) is 4. The molecule has 0 N–H and O–H groups in total. The van der Waals surface area contributed by atoms with Crippen LogP contribution < -0.4 is 4.31 Å². The number of carbonyl (C=O) groups excluding carboxylic acids is 1. The zero-order chi connectivity index (χ0) is 21.1. The van der Waals surface area contributed by atoms with E-state index in [4.69, 9.17) is 4.74 Å². The fourth-order valence-electron chi connectivity index (χ4n) is 2.41. The minimum atomic E-state index is -4.66. The minimum Gasteiger partial charge on any atom is -0.462 e. The van der Waals surface area contributed by atoms with Gasteiger partial charge < -0.3 is 4.74 Å². The number of ether oxygens (including phenoxy) is 1. The maximum Gasteiger partial charge on any atom is 0.416 e. The van der Waals surface area contributed by atoms with Crippen molar-refractivity contribution in [2.24, 2.45) is 0 Å². The lowest BCUT2D eigenvalue weighted by Crippen LogP contribution is -2.37. The number of esters is 1. The molecule has 2 aromatic carbocycles. The van der Waals surface area contributed by atoms with Crippen molar-refractivity contribution >= 4 is 21.7 Å². The number of rotatable bonds is 6. The molecular weight excluding hydrogens is 395 g/mol. The van der Waals surface area contributed by atoms with Gasteiger partial charge in [-0.3, -0.25) is 9.10 Å². The Morgan fingerprint density at radius 1 is 1.11 bits per heavy atom. The summed E-state index contributed by atoms with van der Waals surface area (Å²) >= 11 is 0. The predicted molar refractivity (Wildman–Crippen MR) is 98.4 cm³/mol. The van der Waals surface area contributed by atoms with Crippen molar-refractivity contribution in [2.75, 3.05) is 10.8 Å². The summed E-state index contributed by atoms with van der Waals surface area (Å²) in [5.41, 5.74) is -0.494. The summed E-state index contributed by atoms with van der Waals surface area (Å²) in [5, 5.41) is 0. The Morgan fingerprint density at radius 2 is 1.71 bits per heavy atom. The second-order valence-electron chi connectivity index (χ2n) is 6.41. The Labute approximate surface area is 161 Å². The first kappa shape index (κ1) is 21.7. The number of aryl methyl sites for hydroxylation is 1. The molecule has 28 heavy (non-hydrogen) atoms. The van der Waals surface area contributed by atoms with Crippen LogP contribution in [-0.2, 0) is 25.7 Å². The van der Waals surface area contributed by atoms with Crippen LogP contribution in [0.25, 0.3) is 0 Å². The molecule has 0 heterocycles. The van der Waals surface area contributed by atoms with Gasteiger partial charge in [0.2, 0.25) is 0 Å². The molecule has 9 heteroatoms. The molecule has 0 amide bonds. The van der Waals surface area contributed by atoms with E-state index in [-0.39, 0.29) is 10.6 Å². The molecule has 2 aromatic rings. The number of sulfonamides is 1. The highest BCUT2D eigenvalue weighted by Crippen LogP contribution is 2.33. The molecule has 0 fully saturated rings. The predicted octanol–water partition coefficient (Wildman–Crippen LogP) is 4.16. The Balaban J connectivity index is 2.54. The largest absolute Gasteiger partial charge is 0.462 e. The van der Waals surface area contributed by atoms with Gasteiger partial charge in [-0.2, -0.15) is 13.2 Å². The second-order valence-corrected chi connectivity index (χ2v) is 8.27. The van der Waals surface area contributed by atoms with Crippen LogP contribution in [-0.4, -0.2) is 27.0 Å². The lowest BCUT2D eigenvalue weighted by molar-refractivity contribution is -0.145. The van der Waals surface area contributed by atoms with E-state index in [0.29, 0.717) is 10.4 Å². The van der Waals surface area contributed by atoms with Crippen LogP contribution in [0.15, 0.2) is 53.4 Å².